The van der Waals surface area contributed by atoms with Crippen LogP contribution in [0.25, 0.3) is 0 Å². The van der Waals surface area contributed by atoms with E-state index < -0.39 is 0 Å². The van der Waals surface area contributed by atoms with E-state index in [0.717, 1.165) is 18.5 Å². The highest BCUT2D eigenvalue weighted by molar-refractivity contribution is 7.10. The zero-order valence-electron chi connectivity index (χ0n) is 13.6. The molecule has 118 valence electrons. The number of rotatable bonds is 4. The summed E-state index contributed by atoms with van der Waals surface area (Å²) in [5, 5.41) is 6.05. The van der Waals surface area contributed by atoms with Gasteiger partial charge in [-0.2, -0.15) is 0 Å². The molecule has 2 nitrogen and oxygen atoms in total. The third kappa shape index (κ3) is 3.69. The predicted octanol–water partition coefficient (Wildman–Crippen LogP) is 4.30. The summed E-state index contributed by atoms with van der Waals surface area (Å²) in [6, 6.07) is 5.86. The smallest absolute Gasteiger partial charge is 0.0465 e. The van der Waals surface area contributed by atoms with Crippen molar-refractivity contribution < 1.29 is 0 Å². The Morgan fingerprint density at radius 1 is 1.24 bits per heavy atom. The first-order chi connectivity index (χ1) is 10.3. The Bertz CT molecular complexity index is 409. The van der Waals surface area contributed by atoms with Gasteiger partial charge < -0.3 is 5.32 Å². The lowest BCUT2D eigenvalue weighted by Gasteiger charge is -2.43. The van der Waals surface area contributed by atoms with E-state index in [-0.39, 0.29) is 0 Å². The van der Waals surface area contributed by atoms with Crippen molar-refractivity contribution in [3.05, 3.63) is 22.4 Å². The monoisotopic (exact) mass is 306 g/mol. The van der Waals surface area contributed by atoms with Crippen LogP contribution in [0.4, 0.5) is 0 Å². The summed E-state index contributed by atoms with van der Waals surface area (Å²) in [5.74, 6) is 1.60. The van der Waals surface area contributed by atoms with Crippen LogP contribution in [0.5, 0.6) is 0 Å². The van der Waals surface area contributed by atoms with Gasteiger partial charge in [0.05, 0.1) is 0 Å². The Balaban J connectivity index is 1.68. The Kier molecular flexibility index (Phi) is 5.36. The third-order valence-electron chi connectivity index (χ3n) is 5.32. The van der Waals surface area contributed by atoms with Crippen molar-refractivity contribution >= 4 is 11.3 Å². The molecule has 2 aliphatic rings. The van der Waals surface area contributed by atoms with Gasteiger partial charge in [-0.05, 0) is 36.1 Å². The first-order valence-corrected chi connectivity index (χ1v) is 9.64. The van der Waals surface area contributed by atoms with Gasteiger partial charge in [-0.15, -0.1) is 11.3 Å². The molecule has 0 amide bonds. The summed E-state index contributed by atoms with van der Waals surface area (Å²) in [6.07, 6.45) is 7.23. The van der Waals surface area contributed by atoms with Crippen molar-refractivity contribution in [1.82, 2.24) is 10.2 Å². The normalized spacial score (nSPS) is 27.1. The molecule has 3 heteroatoms. The molecule has 3 rings (SSSR count). The molecule has 2 atom stereocenters. The van der Waals surface area contributed by atoms with Crippen LogP contribution in [0.3, 0.4) is 0 Å². The number of nitrogens with one attached hydrogen (secondary N) is 1. The van der Waals surface area contributed by atoms with Gasteiger partial charge in [-0.1, -0.05) is 39.2 Å². The van der Waals surface area contributed by atoms with Gasteiger partial charge in [0.1, 0.15) is 0 Å². The minimum Gasteiger partial charge on any atom is -0.311 e. The Morgan fingerprint density at radius 2 is 2.05 bits per heavy atom. The van der Waals surface area contributed by atoms with Gasteiger partial charge in [0.15, 0.2) is 0 Å². The minimum atomic E-state index is 0.609. The second-order valence-corrected chi connectivity index (χ2v) is 8.14. The molecule has 1 aromatic rings. The SMILES string of the molecule is CC(C)C(c1cccs1)N1CCNC(C2CCCCC2)C1. The lowest BCUT2D eigenvalue weighted by Crippen LogP contribution is -2.55. The number of piperazine rings is 1. The second kappa shape index (κ2) is 7.26. The van der Waals surface area contributed by atoms with Crippen LogP contribution >= 0.6 is 11.3 Å². The largest absolute Gasteiger partial charge is 0.311 e. The molecular weight excluding hydrogens is 276 g/mol. The second-order valence-electron chi connectivity index (χ2n) is 7.16. The van der Waals surface area contributed by atoms with E-state index in [1.165, 1.54) is 45.2 Å². The highest BCUT2D eigenvalue weighted by Crippen LogP contribution is 2.34. The molecular formula is C18H30N2S. The van der Waals surface area contributed by atoms with Gasteiger partial charge in [0.25, 0.3) is 0 Å². The lowest BCUT2D eigenvalue weighted by molar-refractivity contribution is 0.0877. The summed E-state index contributed by atoms with van der Waals surface area (Å²) in [4.78, 5) is 4.31. The van der Waals surface area contributed by atoms with Gasteiger partial charge >= 0.3 is 0 Å². The van der Waals surface area contributed by atoms with E-state index in [1.54, 1.807) is 4.88 Å². The molecule has 0 bridgehead atoms. The maximum Gasteiger partial charge on any atom is 0.0465 e. The Labute approximate surface area is 133 Å². The van der Waals surface area contributed by atoms with Crippen molar-refractivity contribution in [3.8, 4) is 0 Å². The maximum absolute atomic E-state index is 3.82. The summed E-state index contributed by atoms with van der Waals surface area (Å²) in [6.45, 7) is 8.36. The summed E-state index contributed by atoms with van der Waals surface area (Å²) >= 11 is 1.93. The molecule has 1 aromatic heterocycles. The van der Waals surface area contributed by atoms with E-state index >= 15 is 0 Å². The number of nitrogens with zero attached hydrogens (tertiary/aromatic N) is 1. The summed E-state index contributed by atoms with van der Waals surface area (Å²) in [7, 11) is 0. The third-order valence-corrected chi connectivity index (χ3v) is 6.26. The van der Waals surface area contributed by atoms with E-state index in [1.807, 2.05) is 11.3 Å². The first kappa shape index (κ1) is 15.5. The standard InChI is InChI=1S/C18H30N2S/c1-14(2)18(17-9-6-12-21-17)20-11-10-19-16(13-20)15-7-4-3-5-8-15/h6,9,12,14-16,18-19H,3-5,7-8,10-11,13H2,1-2H3. The fraction of sp³-hybridized carbons (Fsp3) is 0.778. The van der Waals surface area contributed by atoms with Crippen LogP contribution in [0.15, 0.2) is 17.5 Å². The van der Waals surface area contributed by atoms with Crippen molar-refractivity contribution in [2.75, 3.05) is 19.6 Å². The number of hydrogen-bond donors (Lipinski definition) is 1. The van der Waals surface area contributed by atoms with Gasteiger partial charge in [0, 0.05) is 36.6 Å². The summed E-state index contributed by atoms with van der Waals surface area (Å²) in [5.41, 5.74) is 0. The molecule has 0 aromatic carbocycles. The van der Waals surface area contributed by atoms with Crippen LogP contribution in [0.1, 0.15) is 56.9 Å². The number of hydrogen-bond acceptors (Lipinski definition) is 3. The molecule has 2 heterocycles. The van der Waals surface area contributed by atoms with Crippen LogP contribution in [0, 0.1) is 11.8 Å². The van der Waals surface area contributed by atoms with Crippen molar-refractivity contribution in [3.63, 3.8) is 0 Å². The zero-order chi connectivity index (χ0) is 14.7. The lowest BCUT2D eigenvalue weighted by atomic mass is 9.82. The molecule has 1 N–H and O–H groups in total. The van der Waals surface area contributed by atoms with Crippen molar-refractivity contribution in [2.24, 2.45) is 11.8 Å². The van der Waals surface area contributed by atoms with Gasteiger partial charge in [-0.3, -0.25) is 4.90 Å². The first-order valence-electron chi connectivity index (χ1n) is 8.76. The maximum atomic E-state index is 3.82. The topological polar surface area (TPSA) is 15.3 Å². The van der Waals surface area contributed by atoms with E-state index in [4.69, 9.17) is 0 Å². The fourth-order valence-corrected chi connectivity index (χ4v) is 5.33. The van der Waals surface area contributed by atoms with Gasteiger partial charge in [0.2, 0.25) is 0 Å². The fourth-order valence-electron chi connectivity index (χ4n) is 4.30. The Hall–Kier alpha value is -0.380. The minimum absolute atomic E-state index is 0.609. The molecule has 2 unspecified atom stereocenters. The molecule has 1 saturated carbocycles. The van der Waals surface area contributed by atoms with E-state index in [2.05, 4.69) is 41.6 Å². The molecule has 2 fully saturated rings. The molecule has 1 aliphatic heterocycles. The molecule has 0 spiro atoms. The summed E-state index contributed by atoms with van der Waals surface area (Å²) < 4.78 is 0. The van der Waals surface area contributed by atoms with Crippen LogP contribution in [-0.2, 0) is 0 Å². The molecule has 21 heavy (non-hydrogen) atoms. The van der Waals surface area contributed by atoms with E-state index in [0.29, 0.717) is 12.0 Å². The van der Waals surface area contributed by atoms with Gasteiger partial charge in [-0.25, -0.2) is 0 Å². The average Bonchev–Trinajstić information content (AvgIpc) is 3.02. The van der Waals surface area contributed by atoms with Crippen LogP contribution in [-0.4, -0.2) is 30.6 Å². The van der Waals surface area contributed by atoms with E-state index in [9.17, 15) is 0 Å². The average molecular weight is 307 g/mol. The molecule has 0 radical (unpaired) electrons. The van der Waals surface area contributed by atoms with Crippen LogP contribution in [0.2, 0.25) is 0 Å². The number of thiophene rings is 1. The van der Waals surface area contributed by atoms with Crippen molar-refractivity contribution in [1.29, 1.82) is 0 Å². The Morgan fingerprint density at radius 3 is 2.71 bits per heavy atom. The highest BCUT2D eigenvalue weighted by Gasteiger charge is 2.32. The highest BCUT2D eigenvalue weighted by atomic mass is 32.1. The predicted molar refractivity (Wildman–Crippen MR) is 91.8 cm³/mol. The zero-order valence-corrected chi connectivity index (χ0v) is 14.4. The molecule has 1 aliphatic carbocycles. The van der Waals surface area contributed by atoms with Crippen molar-refractivity contribution in [2.45, 2.75) is 58.0 Å². The molecule has 1 saturated heterocycles. The quantitative estimate of drug-likeness (QED) is 0.892. The van der Waals surface area contributed by atoms with Crippen LogP contribution < -0.4 is 5.32 Å².